The van der Waals surface area contributed by atoms with Gasteiger partial charge in [-0.3, -0.25) is 0 Å². The van der Waals surface area contributed by atoms with Crippen LogP contribution >= 0.6 is 37.2 Å². The minimum atomic E-state index is 0. The third kappa shape index (κ3) is 6.77. The maximum absolute atomic E-state index is 5.47. The van der Waals surface area contributed by atoms with Gasteiger partial charge < -0.3 is 16.4 Å². The third-order valence-electron chi connectivity index (χ3n) is 2.04. The van der Waals surface area contributed by atoms with Crippen LogP contribution in [0.4, 0.5) is 0 Å². The fourth-order valence-electron chi connectivity index (χ4n) is 1.32. The van der Waals surface area contributed by atoms with Gasteiger partial charge in [0.1, 0.15) is 0 Å². The van der Waals surface area contributed by atoms with Crippen LogP contribution in [0.2, 0.25) is 0 Å². The summed E-state index contributed by atoms with van der Waals surface area (Å²) in [6.07, 6.45) is 1.12. The SMILES string of the molecule is Cl.Cl.Cl.NCCCN1CC(CN)C1. The molecule has 13 heavy (non-hydrogen) atoms. The summed E-state index contributed by atoms with van der Waals surface area (Å²) in [6, 6.07) is 0. The standard InChI is InChI=1S/C7H17N3.3ClH/c8-2-1-3-10-5-7(4-9)6-10;;;/h7H,1-6,8-9H2;3*1H. The summed E-state index contributed by atoms with van der Waals surface area (Å²) in [4.78, 5) is 2.41. The monoisotopic (exact) mass is 251 g/mol. The van der Waals surface area contributed by atoms with Gasteiger partial charge >= 0.3 is 0 Å². The largest absolute Gasteiger partial charge is 0.330 e. The maximum atomic E-state index is 5.47. The van der Waals surface area contributed by atoms with Crippen molar-refractivity contribution in [3.05, 3.63) is 0 Å². The van der Waals surface area contributed by atoms with E-state index in [2.05, 4.69) is 4.90 Å². The van der Waals surface area contributed by atoms with E-state index in [0.717, 1.165) is 32.0 Å². The van der Waals surface area contributed by atoms with Gasteiger partial charge in [-0.15, -0.1) is 37.2 Å². The lowest BCUT2D eigenvalue weighted by molar-refractivity contribution is 0.106. The molecule has 1 aliphatic rings. The van der Waals surface area contributed by atoms with Gasteiger partial charge in [0.2, 0.25) is 0 Å². The van der Waals surface area contributed by atoms with Gasteiger partial charge in [-0.2, -0.15) is 0 Å². The zero-order valence-corrected chi connectivity index (χ0v) is 10.1. The van der Waals surface area contributed by atoms with Gasteiger partial charge in [0, 0.05) is 13.1 Å². The molecule has 0 bridgehead atoms. The van der Waals surface area contributed by atoms with Crippen LogP contribution in [0.15, 0.2) is 0 Å². The second kappa shape index (κ2) is 10.8. The highest BCUT2D eigenvalue weighted by Gasteiger charge is 2.23. The predicted octanol–water partition coefficient (Wildman–Crippen LogP) is 0.491. The first-order valence-corrected chi connectivity index (χ1v) is 3.99. The highest BCUT2D eigenvalue weighted by atomic mass is 35.5. The minimum Gasteiger partial charge on any atom is -0.330 e. The molecule has 1 fully saturated rings. The maximum Gasteiger partial charge on any atom is 0.00341 e. The fraction of sp³-hybridized carbons (Fsp3) is 1.00. The normalized spacial score (nSPS) is 16.2. The van der Waals surface area contributed by atoms with Crippen LogP contribution < -0.4 is 11.5 Å². The Hall–Kier alpha value is 0.750. The van der Waals surface area contributed by atoms with E-state index in [1.807, 2.05) is 0 Å². The number of hydrogen-bond acceptors (Lipinski definition) is 3. The first-order valence-electron chi connectivity index (χ1n) is 3.99. The van der Waals surface area contributed by atoms with Crippen molar-refractivity contribution in [1.82, 2.24) is 4.90 Å². The Kier molecular flexibility index (Phi) is 16.1. The topological polar surface area (TPSA) is 55.3 Å². The molecule has 0 aromatic heterocycles. The van der Waals surface area contributed by atoms with Crippen LogP contribution in [0.25, 0.3) is 0 Å². The van der Waals surface area contributed by atoms with E-state index in [4.69, 9.17) is 11.5 Å². The van der Waals surface area contributed by atoms with Crippen LogP contribution in [-0.4, -0.2) is 37.6 Å². The van der Waals surface area contributed by atoms with Crippen LogP contribution in [0.1, 0.15) is 6.42 Å². The predicted molar refractivity (Wildman–Crippen MR) is 64.4 cm³/mol. The molecule has 1 saturated heterocycles. The minimum absolute atomic E-state index is 0. The highest BCUT2D eigenvalue weighted by molar-refractivity contribution is 5.86. The molecule has 0 aliphatic carbocycles. The van der Waals surface area contributed by atoms with Crippen LogP contribution in [0.5, 0.6) is 0 Å². The average molecular weight is 253 g/mol. The van der Waals surface area contributed by atoms with Crippen molar-refractivity contribution in [2.24, 2.45) is 17.4 Å². The van der Waals surface area contributed by atoms with Crippen LogP contribution in [0, 0.1) is 5.92 Å². The van der Waals surface area contributed by atoms with E-state index < -0.39 is 0 Å². The quantitative estimate of drug-likeness (QED) is 0.766. The number of halogens is 3. The first-order chi connectivity index (χ1) is 4.86. The number of likely N-dealkylation sites (tertiary alicyclic amines) is 1. The molecule has 0 saturated carbocycles. The van der Waals surface area contributed by atoms with E-state index in [1.165, 1.54) is 13.1 Å². The third-order valence-corrected chi connectivity index (χ3v) is 2.04. The Morgan fingerprint density at radius 3 is 2.00 bits per heavy atom. The summed E-state index contributed by atoms with van der Waals surface area (Å²) in [5.41, 5.74) is 10.8. The molecule has 0 aromatic rings. The molecule has 84 valence electrons. The number of rotatable bonds is 4. The first kappa shape index (κ1) is 19.3. The Morgan fingerprint density at radius 1 is 1.08 bits per heavy atom. The van der Waals surface area contributed by atoms with Gasteiger partial charge in [0.05, 0.1) is 0 Å². The van der Waals surface area contributed by atoms with E-state index in [1.54, 1.807) is 0 Å². The Labute approximate surface area is 98.8 Å². The second-order valence-corrected chi connectivity index (χ2v) is 3.00. The molecule has 0 amide bonds. The van der Waals surface area contributed by atoms with Crippen molar-refractivity contribution >= 4 is 37.2 Å². The van der Waals surface area contributed by atoms with Gasteiger partial charge in [-0.1, -0.05) is 0 Å². The molecule has 0 radical (unpaired) electrons. The molecule has 0 aromatic carbocycles. The lowest BCUT2D eigenvalue weighted by atomic mass is 10.0. The van der Waals surface area contributed by atoms with Crippen molar-refractivity contribution < 1.29 is 0 Å². The van der Waals surface area contributed by atoms with Gasteiger partial charge in [-0.25, -0.2) is 0 Å². The molecule has 1 rings (SSSR count). The molecule has 4 N–H and O–H groups in total. The van der Waals surface area contributed by atoms with E-state index >= 15 is 0 Å². The van der Waals surface area contributed by atoms with Crippen molar-refractivity contribution in [3.8, 4) is 0 Å². The average Bonchev–Trinajstić information content (AvgIpc) is 1.86. The van der Waals surface area contributed by atoms with E-state index in [-0.39, 0.29) is 37.2 Å². The van der Waals surface area contributed by atoms with E-state index in [9.17, 15) is 0 Å². The Balaban J connectivity index is -0.000000333. The number of nitrogens with zero attached hydrogens (tertiary/aromatic N) is 1. The number of hydrogen-bond donors (Lipinski definition) is 2. The van der Waals surface area contributed by atoms with Crippen molar-refractivity contribution in [2.45, 2.75) is 6.42 Å². The summed E-state index contributed by atoms with van der Waals surface area (Å²) in [7, 11) is 0. The molecule has 0 atom stereocenters. The lowest BCUT2D eigenvalue weighted by Crippen LogP contribution is -2.50. The zero-order valence-electron chi connectivity index (χ0n) is 7.65. The van der Waals surface area contributed by atoms with Crippen LogP contribution in [0.3, 0.4) is 0 Å². The lowest BCUT2D eigenvalue weighted by Gasteiger charge is -2.38. The van der Waals surface area contributed by atoms with Crippen molar-refractivity contribution in [2.75, 3.05) is 32.7 Å². The summed E-state index contributed by atoms with van der Waals surface area (Å²) in [5.74, 6) is 0.762. The molecular formula is C7H20Cl3N3. The van der Waals surface area contributed by atoms with Gasteiger partial charge in [0.25, 0.3) is 0 Å². The summed E-state index contributed by atoms with van der Waals surface area (Å²) in [6.45, 7) is 5.20. The highest BCUT2D eigenvalue weighted by Crippen LogP contribution is 2.12. The van der Waals surface area contributed by atoms with Crippen molar-refractivity contribution in [1.29, 1.82) is 0 Å². The van der Waals surface area contributed by atoms with Crippen molar-refractivity contribution in [3.63, 3.8) is 0 Å². The second-order valence-electron chi connectivity index (χ2n) is 3.00. The fourth-order valence-corrected chi connectivity index (χ4v) is 1.32. The van der Waals surface area contributed by atoms with E-state index in [0.29, 0.717) is 0 Å². The molecule has 3 nitrogen and oxygen atoms in total. The molecule has 0 spiro atoms. The Morgan fingerprint density at radius 2 is 1.62 bits per heavy atom. The Bertz CT molecular complexity index is 96.2. The molecular weight excluding hydrogens is 232 g/mol. The van der Waals surface area contributed by atoms with Gasteiger partial charge in [0.15, 0.2) is 0 Å². The summed E-state index contributed by atoms with van der Waals surface area (Å²) >= 11 is 0. The molecule has 6 heteroatoms. The summed E-state index contributed by atoms with van der Waals surface area (Å²) < 4.78 is 0. The van der Waals surface area contributed by atoms with Gasteiger partial charge in [-0.05, 0) is 32.0 Å². The number of nitrogens with two attached hydrogens (primary N) is 2. The smallest absolute Gasteiger partial charge is 0.00341 e. The summed E-state index contributed by atoms with van der Waals surface area (Å²) in [5, 5.41) is 0. The van der Waals surface area contributed by atoms with Crippen LogP contribution in [-0.2, 0) is 0 Å². The molecule has 1 heterocycles. The zero-order chi connectivity index (χ0) is 7.40. The molecule has 0 unspecified atom stereocenters. The molecule has 1 aliphatic heterocycles.